The first-order valence-electron chi connectivity index (χ1n) is 12.7. The summed E-state index contributed by atoms with van der Waals surface area (Å²) >= 11 is 0. The number of ether oxygens (including phenoxy) is 4. The number of anilines is 1. The fraction of sp³-hybridized carbons (Fsp3) is 0.226. The van der Waals surface area contributed by atoms with E-state index in [-0.39, 0.29) is 5.91 Å². The molecule has 9 heteroatoms. The highest BCUT2D eigenvalue weighted by atomic mass is 16.5. The van der Waals surface area contributed by atoms with Crippen molar-refractivity contribution >= 4 is 29.5 Å². The van der Waals surface area contributed by atoms with Crippen LogP contribution >= 0.6 is 0 Å². The topological polar surface area (TPSA) is 117 Å². The van der Waals surface area contributed by atoms with Crippen LogP contribution in [0, 0.1) is 0 Å². The predicted molar refractivity (Wildman–Crippen MR) is 148 cm³/mol. The summed E-state index contributed by atoms with van der Waals surface area (Å²) in [6, 6.07) is 12.9. The zero-order chi connectivity index (χ0) is 28.9. The lowest BCUT2D eigenvalue weighted by Crippen LogP contribution is -2.12. The molecular formula is C31H31NO8. The van der Waals surface area contributed by atoms with Crippen molar-refractivity contribution < 1.29 is 38.1 Å². The minimum atomic E-state index is -0.531. The molecule has 0 unspecified atom stereocenters. The molecule has 1 aliphatic carbocycles. The highest BCUT2D eigenvalue weighted by molar-refractivity contribution is 6.03. The van der Waals surface area contributed by atoms with Gasteiger partial charge in [0.15, 0.2) is 0 Å². The lowest BCUT2D eigenvalue weighted by atomic mass is 10.1. The van der Waals surface area contributed by atoms with Gasteiger partial charge in [-0.1, -0.05) is 13.2 Å². The zero-order valence-corrected chi connectivity index (χ0v) is 22.3. The van der Waals surface area contributed by atoms with E-state index in [1.54, 1.807) is 67.6 Å². The maximum absolute atomic E-state index is 12.5. The van der Waals surface area contributed by atoms with Crippen molar-refractivity contribution in [1.29, 1.82) is 0 Å². The molecule has 1 N–H and O–H groups in total. The molecule has 2 aromatic carbocycles. The van der Waals surface area contributed by atoms with Crippen LogP contribution in [0.4, 0.5) is 5.69 Å². The van der Waals surface area contributed by atoms with Crippen molar-refractivity contribution in [3.05, 3.63) is 108 Å². The summed E-state index contributed by atoms with van der Waals surface area (Å²) in [6.45, 7) is 9.27. The summed E-state index contributed by atoms with van der Waals surface area (Å²) in [5.74, 6) is -0.267. The second kappa shape index (κ2) is 14.9. The van der Waals surface area contributed by atoms with Gasteiger partial charge in [-0.05, 0) is 80.4 Å². The van der Waals surface area contributed by atoms with Gasteiger partial charge in [-0.15, -0.1) is 0 Å². The van der Waals surface area contributed by atoms with Gasteiger partial charge in [-0.2, -0.15) is 0 Å². The number of esters is 3. The van der Waals surface area contributed by atoms with Crippen molar-refractivity contribution in [1.82, 2.24) is 0 Å². The number of carbonyl (C=O) groups is 4. The van der Waals surface area contributed by atoms with Crippen molar-refractivity contribution in [3.8, 4) is 5.75 Å². The molecule has 0 radical (unpaired) electrons. The minimum absolute atomic E-state index is 0.300. The lowest BCUT2D eigenvalue weighted by molar-refractivity contribution is -0.137. The Hall–Kier alpha value is -4.92. The third-order valence-electron chi connectivity index (χ3n) is 5.60. The highest BCUT2D eigenvalue weighted by Crippen LogP contribution is 2.23. The minimum Gasteiger partial charge on any atom is -0.494 e. The second-order valence-corrected chi connectivity index (χ2v) is 8.81. The Morgan fingerprint density at radius 1 is 0.825 bits per heavy atom. The van der Waals surface area contributed by atoms with Crippen LogP contribution in [0.15, 0.2) is 97.0 Å². The maximum atomic E-state index is 12.5. The molecule has 0 bridgehead atoms. The van der Waals surface area contributed by atoms with E-state index in [1.165, 1.54) is 0 Å². The summed E-state index contributed by atoms with van der Waals surface area (Å²) in [5, 5.41) is 2.67. The van der Waals surface area contributed by atoms with E-state index in [0.717, 1.165) is 6.08 Å². The van der Waals surface area contributed by atoms with Crippen LogP contribution in [0.1, 0.15) is 53.3 Å². The molecule has 9 nitrogen and oxygen atoms in total. The summed E-state index contributed by atoms with van der Waals surface area (Å²) in [6.07, 6.45) is 6.47. The molecule has 2 aromatic rings. The summed E-state index contributed by atoms with van der Waals surface area (Å²) < 4.78 is 21.5. The van der Waals surface area contributed by atoms with E-state index >= 15 is 0 Å². The number of hydrogen-bond donors (Lipinski definition) is 1. The fourth-order valence-corrected chi connectivity index (χ4v) is 3.37. The highest BCUT2D eigenvalue weighted by Gasteiger charge is 2.17. The van der Waals surface area contributed by atoms with Gasteiger partial charge >= 0.3 is 17.9 Å². The van der Waals surface area contributed by atoms with Crippen molar-refractivity contribution in [2.24, 2.45) is 0 Å². The molecule has 0 aromatic heterocycles. The van der Waals surface area contributed by atoms with Crippen molar-refractivity contribution in [2.75, 3.05) is 18.5 Å². The van der Waals surface area contributed by atoms with Crippen LogP contribution in [-0.4, -0.2) is 37.0 Å². The van der Waals surface area contributed by atoms with Crippen molar-refractivity contribution in [2.45, 2.75) is 32.6 Å². The lowest BCUT2D eigenvalue weighted by Gasteiger charge is -2.15. The molecule has 0 saturated heterocycles. The number of benzene rings is 2. The van der Waals surface area contributed by atoms with Gasteiger partial charge in [0.25, 0.3) is 5.91 Å². The SMILES string of the molecule is C=CC(=O)OCCCCOc1ccc(C(=O)OC2=CC=C(OC(=O)c3ccc(NC(=O)C(=C)C)cc3)CC2)cc1. The van der Waals surface area contributed by atoms with Crippen LogP contribution < -0.4 is 10.1 Å². The number of carbonyl (C=O) groups excluding carboxylic acids is 4. The molecule has 0 atom stereocenters. The summed E-state index contributed by atoms with van der Waals surface area (Å²) in [7, 11) is 0. The average Bonchev–Trinajstić information content (AvgIpc) is 2.96. The molecular weight excluding hydrogens is 514 g/mol. The molecule has 0 fully saturated rings. The molecule has 1 amide bonds. The Bertz CT molecular complexity index is 1320. The van der Waals surface area contributed by atoms with Crippen molar-refractivity contribution in [3.63, 3.8) is 0 Å². The van der Waals surface area contributed by atoms with Crippen LogP contribution in [0.3, 0.4) is 0 Å². The Balaban J connectivity index is 1.43. The number of unbranched alkanes of at least 4 members (excludes halogenated alkanes) is 1. The van der Waals surface area contributed by atoms with Gasteiger partial charge in [-0.3, -0.25) is 4.79 Å². The van der Waals surface area contributed by atoms with Gasteiger partial charge in [0.05, 0.1) is 24.3 Å². The zero-order valence-electron chi connectivity index (χ0n) is 22.3. The van der Waals surface area contributed by atoms with Gasteiger partial charge in [-0.25, -0.2) is 14.4 Å². The first-order valence-corrected chi connectivity index (χ1v) is 12.7. The van der Waals surface area contributed by atoms with E-state index in [2.05, 4.69) is 18.5 Å². The van der Waals surface area contributed by atoms with E-state index < -0.39 is 17.9 Å². The fourth-order valence-electron chi connectivity index (χ4n) is 3.37. The molecule has 0 heterocycles. The molecule has 40 heavy (non-hydrogen) atoms. The molecule has 3 rings (SSSR count). The number of rotatable bonds is 13. The van der Waals surface area contributed by atoms with E-state index in [0.29, 0.717) is 78.6 Å². The second-order valence-electron chi connectivity index (χ2n) is 8.81. The third-order valence-corrected chi connectivity index (χ3v) is 5.60. The Kier molecular flexibility index (Phi) is 11.0. The number of hydrogen-bond acceptors (Lipinski definition) is 8. The molecule has 0 aliphatic heterocycles. The molecule has 0 saturated carbocycles. The first-order chi connectivity index (χ1) is 19.2. The Morgan fingerprint density at radius 3 is 1.85 bits per heavy atom. The maximum Gasteiger partial charge on any atom is 0.343 e. The quantitative estimate of drug-likeness (QED) is 0.148. The van der Waals surface area contributed by atoms with Gasteiger partial charge in [0.2, 0.25) is 0 Å². The van der Waals surface area contributed by atoms with E-state index in [1.807, 2.05) is 0 Å². The van der Waals surface area contributed by atoms with Gasteiger partial charge in [0, 0.05) is 30.2 Å². The standard InChI is InChI=1S/C31H31NO8/c1-4-28(33)38-20-6-5-19-37-25-13-9-23(10-14-25)31(36)40-27-17-15-26(16-18-27)39-30(35)22-7-11-24(12-8-22)32-29(34)21(2)3/h4,7-15,17H,1-2,5-6,16,18-20H2,3H3,(H,32,34). The molecule has 208 valence electrons. The van der Waals surface area contributed by atoms with E-state index in [4.69, 9.17) is 18.9 Å². The average molecular weight is 546 g/mol. The van der Waals surface area contributed by atoms with Gasteiger partial charge in [0.1, 0.15) is 17.3 Å². The third kappa shape index (κ3) is 9.43. The van der Waals surface area contributed by atoms with E-state index in [9.17, 15) is 19.2 Å². The number of allylic oxidation sites excluding steroid dienone is 4. The Morgan fingerprint density at radius 2 is 1.35 bits per heavy atom. The number of nitrogens with one attached hydrogen (secondary N) is 1. The Labute approximate surface area is 232 Å². The normalized spacial score (nSPS) is 12.2. The summed E-state index contributed by atoms with van der Waals surface area (Å²) in [4.78, 5) is 47.7. The largest absolute Gasteiger partial charge is 0.494 e. The van der Waals surface area contributed by atoms with Crippen LogP contribution in [0.25, 0.3) is 0 Å². The molecule has 1 aliphatic rings. The smallest absolute Gasteiger partial charge is 0.343 e. The van der Waals surface area contributed by atoms with Crippen LogP contribution in [0.5, 0.6) is 5.75 Å². The summed E-state index contributed by atoms with van der Waals surface area (Å²) in [5.41, 5.74) is 1.62. The monoisotopic (exact) mass is 545 g/mol. The predicted octanol–water partition coefficient (Wildman–Crippen LogP) is 5.66. The van der Waals surface area contributed by atoms with Crippen LogP contribution in [0.2, 0.25) is 0 Å². The van der Waals surface area contributed by atoms with Crippen LogP contribution in [-0.2, 0) is 23.8 Å². The molecule has 0 spiro atoms. The number of amides is 1. The first kappa shape index (κ1) is 29.6. The van der Waals surface area contributed by atoms with Gasteiger partial charge < -0.3 is 24.3 Å².